The number of hydrogen-bond acceptors (Lipinski definition) is 2. The van der Waals surface area contributed by atoms with Crippen molar-refractivity contribution in [2.24, 2.45) is 17.8 Å². The number of aryl methyl sites for hydroxylation is 1. The number of phenolic OH excluding ortho intramolecular Hbond substituents is 1. The van der Waals surface area contributed by atoms with E-state index in [0.29, 0.717) is 5.75 Å². The van der Waals surface area contributed by atoms with Gasteiger partial charge in [-0.3, -0.25) is 0 Å². The maximum absolute atomic E-state index is 10.1. The van der Waals surface area contributed by atoms with E-state index in [4.69, 9.17) is 4.74 Å². The molecule has 0 spiro atoms. The third kappa shape index (κ3) is 7.50. The number of hydrogen-bond donors (Lipinski definition) is 1. The molecule has 2 heteroatoms. The lowest BCUT2D eigenvalue weighted by molar-refractivity contribution is 0.0512. The molecule has 1 aliphatic rings. The van der Waals surface area contributed by atoms with Gasteiger partial charge in [0.2, 0.25) is 0 Å². The van der Waals surface area contributed by atoms with E-state index in [0.717, 1.165) is 53.9 Å². The van der Waals surface area contributed by atoms with E-state index in [9.17, 15) is 5.11 Å². The van der Waals surface area contributed by atoms with Gasteiger partial charge in [-0.2, -0.15) is 0 Å². The second kappa shape index (κ2) is 11.4. The zero-order chi connectivity index (χ0) is 22.3. The van der Waals surface area contributed by atoms with E-state index < -0.39 is 0 Å². The lowest BCUT2D eigenvalue weighted by Gasteiger charge is -2.37. The standard InChI is InChI=1S/C28H48O2/c1-20(2)11-8-12-21(3)13-9-14-22(4)15-10-17-28(7)18-16-25-24(6)26(29)19-23(5)27(25)30-28/h19-22,29H,8-18H2,1-7H3/t21?,22?,28-/m1/s1. The lowest BCUT2D eigenvalue weighted by Crippen LogP contribution is -2.37. The van der Waals surface area contributed by atoms with Crippen LogP contribution in [0.3, 0.4) is 0 Å². The molecule has 0 aliphatic carbocycles. The van der Waals surface area contributed by atoms with Crippen molar-refractivity contribution < 1.29 is 9.84 Å². The third-order valence-electron chi connectivity index (χ3n) is 7.35. The molecule has 1 aromatic rings. The van der Waals surface area contributed by atoms with E-state index in [1.54, 1.807) is 0 Å². The van der Waals surface area contributed by atoms with E-state index >= 15 is 0 Å². The molecule has 0 bridgehead atoms. The van der Waals surface area contributed by atoms with Gasteiger partial charge in [0.25, 0.3) is 0 Å². The molecule has 1 aromatic carbocycles. The SMILES string of the molecule is Cc1cc(O)c(C)c2c1O[C@](C)(CCCC(C)CCCC(C)CCCC(C)C)CC2. The number of benzene rings is 1. The highest BCUT2D eigenvalue weighted by Gasteiger charge is 2.33. The second-order valence-corrected chi connectivity index (χ2v) is 11.1. The Hall–Kier alpha value is -1.18. The number of ether oxygens (including phenoxy) is 1. The summed E-state index contributed by atoms with van der Waals surface area (Å²) in [5.41, 5.74) is 3.20. The summed E-state index contributed by atoms with van der Waals surface area (Å²) in [7, 11) is 0. The molecule has 172 valence electrons. The summed E-state index contributed by atoms with van der Waals surface area (Å²) in [6.07, 6.45) is 14.1. The largest absolute Gasteiger partial charge is 0.508 e. The van der Waals surface area contributed by atoms with Crippen LogP contribution in [0, 0.1) is 31.6 Å². The van der Waals surface area contributed by atoms with Crippen LogP contribution in [-0.2, 0) is 6.42 Å². The minimum atomic E-state index is -0.0637. The van der Waals surface area contributed by atoms with Crippen LogP contribution in [0.5, 0.6) is 11.5 Å². The lowest BCUT2D eigenvalue weighted by atomic mass is 9.84. The summed E-state index contributed by atoms with van der Waals surface area (Å²) in [6.45, 7) is 15.9. The van der Waals surface area contributed by atoms with Crippen LogP contribution in [-0.4, -0.2) is 10.7 Å². The monoisotopic (exact) mass is 416 g/mol. The fraction of sp³-hybridized carbons (Fsp3) is 0.786. The summed E-state index contributed by atoms with van der Waals surface area (Å²) in [5.74, 6) is 3.98. The third-order valence-corrected chi connectivity index (χ3v) is 7.35. The Bertz CT molecular complexity index is 663. The molecule has 3 atom stereocenters. The molecular weight excluding hydrogens is 368 g/mol. The molecule has 1 aliphatic heterocycles. The first kappa shape index (κ1) is 25.1. The van der Waals surface area contributed by atoms with Crippen molar-refractivity contribution in [3.8, 4) is 11.5 Å². The van der Waals surface area contributed by atoms with Crippen LogP contribution in [0.1, 0.15) is 116 Å². The van der Waals surface area contributed by atoms with Crippen molar-refractivity contribution in [1.29, 1.82) is 0 Å². The van der Waals surface area contributed by atoms with E-state index in [1.807, 2.05) is 13.0 Å². The Morgan fingerprint density at radius 2 is 1.50 bits per heavy atom. The Morgan fingerprint density at radius 3 is 2.10 bits per heavy atom. The molecule has 1 N–H and O–H groups in total. The molecule has 30 heavy (non-hydrogen) atoms. The minimum absolute atomic E-state index is 0.0637. The van der Waals surface area contributed by atoms with Gasteiger partial charge < -0.3 is 9.84 Å². The molecule has 0 fully saturated rings. The minimum Gasteiger partial charge on any atom is -0.508 e. The van der Waals surface area contributed by atoms with Crippen LogP contribution in [0.15, 0.2) is 6.07 Å². The molecule has 1 heterocycles. The molecule has 2 rings (SSSR count). The zero-order valence-electron chi connectivity index (χ0n) is 20.9. The van der Waals surface area contributed by atoms with Gasteiger partial charge in [0.1, 0.15) is 17.1 Å². The van der Waals surface area contributed by atoms with E-state index in [2.05, 4.69) is 41.5 Å². The van der Waals surface area contributed by atoms with Crippen molar-refractivity contribution >= 4 is 0 Å². The fourth-order valence-electron chi connectivity index (χ4n) is 5.05. The first-order valence-electron chi connectivity index (χ1n) is 12.6. The van der Waals surface area contributed by atoms with E-state index in [-0.39, 0.29) is 5.60 Å². The quantitative estimate of drug-likeness (QED) is 0.370. The van der Waals surface area contributed by atoms with Gasteiger partial charge in [0.15, 0.2) is 0 Å². The van der Waals surface area contributed by atoms with Gasteiger partial charge in [-0.25, -0.2) is 0 Å². The predicted octanol–water partition coefficient (Wildman–Crippen LogP) is 8.53. The van der Waals surface area contributed by atoms with Crippen LogP contribution < -0.4 is 4.74 Å². The highest BCUT2D eigenvalue weighted by molar-refractivity contribution is 5.53. The zero-order valence-corrected chi connectivity index (χ0v) is 20.9. The van der Waals surface area contributed by atoms with Crippen LogP contribution in [0.2, 0.25) is 0 Å². The number of phenols is 1. The second-order valence-electron chi connectivity index (χ2n) is 11.1. The topological polar surface area (TPSA) is 29.5 Å². The van der Waals surface area contributed by atoms with Crippen LogP contribution in [0.25, 0.3) is 0 Å². The molecular formula is C28H48O2. The fourth-order valence-corrected chi connectivity index (χ4v) is 5.05. The first-order valence-corrected chi connectivity index (χ1v) is 12.6. The number of fused-ring (bicyclic) bond motifs is 1. The molecule has 2 unspecified atom stereocenters. The Labute approximate surface area is 186 Å². The number of rotatable bonds is 12. The van der Waals surface area contributed by atoms with Gasteiger partial charge in [0.05, 0.1) is 0 Å². The van der Waals surface area contributed by atoms with E-state index in [1.165, 1.54) is 56.9 Å². The van der Waals surface area contributed by atoms with Crippen LogP contribution >= 0.6 is 0 Å². The summed E-state index contributed by atoms with van der Waals surface area (Å²) in [4.78, 5) is 0. The van der Waals surface area contributed by atoms with Crippen molar-refractivity contribution in [3.05, 3.63) is 22.8 Å². The summed E-state index contributed by atoms with van der Waals surface area (Å²) < 4.78 is 6.52. The van der Waals surface area contributed by atoms with Crippen molar-refractivity contribution in [1.82, 2.24) is 0 Å². The molecule has 0 aromatic heterocycles. The van der Waals surface area contributed by atoms with Gasteiger partial charge in [-0.1, -0.05) is 72.6 Å². The van der Waals surface area contributed by atoms with Crippen molar-refractivity contribution in [3.63, 3.8) is 0 Å². The van der Waals surface area contributed by atoms with Crippen molar-refractivity contribution in [2.45, 2.75) is 125 Å². The van der Waals surface area contributed by atoms with Gasteiger partial charge in [-0.05, 0) is 81.4 Å². The Morgan fingerprint density at radius 1 is 0.933 bits per heavy atom. The normalized spacial score (nSPS) is 20.7. The molecule has 2 nitrogen and oxygen atoms in total. The van der Waals surface area contributed by atoms with Crippen molar-refractivity contribution in [2.75, 3.05) is 0 Å². The maximum atomic E-state index is 10.1. The molecule has 0 saturated heterocycles. The average molecular weight is 417 g/mol. The number of aromatic hydroxyl groups is 1. The van der Waals surface area contributed by atoms with Gasteiger partial charge in [-0.15, -0.1) is 0 Å². The maximum Gasteiger partial charge on any atom is 0.126 e. The molecule has 0 radical (unpaired) electrons. The Balaban J connectivity index is 1.69. The summed E-state index contributed by atoms with van der Waals surface area (Å²) in [5, 5.41) is 10.1. The smallest absolute Gasteiger partial charge is 0.126 e. The highest BCUT2D eigenvalue weighted by Crippen LogP contribution is 2.42. The average Bonchev–Trinajstić information content (AvgIpc) is 2.66. The Kier molecular flexibility index (Phi) is 9.57. The summed E-state index contributed by atoms with van der Waals surface area (Å²) in [6, 6.07) is 1.85. The van der Waals surface area contributed by atoms with Crippen LogP contribution in [0.4, 0.5) is 0 Å². The predicted molar refractivity (Wildman–Crippen MR) is 130 cm³/mol. The van der Waals surface area contributed by atoms with Gasteiger partial charge >= 0.3 is 0 Å². The first-order chi connectivity index (χ1) is 14.1. The summed E-state index contributed by atoms with van der Waals surface area (Å²) >= 11 is 0. The van der Waals surface area contributed by atoms with Gasteiger partial charge in [0, 0.05) is 5.56 Å². The molecule has 0 amide bonds. The molecule has 0 saturated carbocycles. The highest BCUT2D eigenvalue weighted by atomic mass is 16.5.